The summed E-state index contributed by atoms with van der Waals surface area (Å²) in [7, 11) is 0. The van der Waals surface area contributed by atoms with E-state index in [9.17, 15) is 27.6 Å². The second-order valence-electron chi connectivity index (χ2n) is 5.58. The number of nitrogens with zero attached hydrogens (tertiary/aromatic N) is 1. The van der Waals surface area contributed by atoms with Crippen molar-refractivity contribution in [2.45, 2.75) is 20.0 Å². The summed E-state index contributed by atoms with van der Waals surface area (Å²) >= 11 is 0. The molecule has 152 valence electrons. The minimum Gasteiger partial charge on any atom is -0.477 e. The van der Waals surface area contributed by atoms with E-state index in [-0.39, 0.29) is 24.5 Å². The van der Waals surface area contributed by atoms with Crippen molar-refractivity contribution in [2.24, 2.45) is 0 Å². The lowest BCUT2D eigenvalue weighted by atomic mass is 10.0. The van der Waals surface area contributed by atoms with E-state index in [1.54, 1.807) is 13.8 Å². The number of amides is 1. The van der Waals surface area contributed by atoms with Gasteiger partial charge in [-0.3, -0.25) is 14.5 Å². The number of rotatable bonds is 8. The highest BCUT2D eigenvalue weighted by atomic mass is 19.4. The summed E-state index contributed by atoms with van der Waals surface area (Å²) in [6.07, 6.45) is -4.63. The number of hydrogen-bond donors (Lipinski definition) is 0. The SMILES string of the molecule is CCOC(=O)CN1C(=O)C(OCC(F)(F)F)=C1c1ccc(C(=O)OCC)cc1. The number of ether oxygens (including phenoxy) is 3. The lowest BCUT2D eigenvalue weighted by molar-refractivity contribution is -0.170. The van der Waals surface area contributed by atoms with Gasteiger partial charge in [-0.1, -0.05) is 12.1 Å². The highest BCUT2D eigenvalue weighted by molar-refractivity contribution is 6.13. The van der Waals surface area contributed by atoms with Crippen LogP contribution in [-0.2, 0) is 23.8 Å². The van der Waals surface area contributed by atoms with E-state index in [2.05, 4.69) is 4.74 Å². The summed E-state index contributed by atoms with van der Waals surface area (Å²) in [5, 5.41) is 0. The van der Waals surface area contributed by atoms with E-state index in [0.717, 1.165) is 4.90 Å². The highest BCUT2D eigenvalue weighted by Crippen LogP contribution is 2.35. The van der Waals surface area contributed by atoms with Crippen LogP contribution in [0.5, 0.6) is 0 Å². The molecule has 0 bridgehead atoms. The van der Waals surface area contributed by atoms with Gasteiger partial charge in [-0.15, -0.1) is 0 Å². The molecule has 0 N–H and O–H groups in total. The van der Waals surface area contributed by atoms with Crippen LogP contribution in [-0.4, -0.2) is 55.3 Å². The summed E-state index contributed by atoms with van der Waals surface area (Å²) in [5.41, 5.74) is 0.540. The Morgan fingerprint density at radius 2 is 1.64 bits per heavy atom. The molecule has 1 aromatic carbocycles. The van der Waals surface area contributed by atoms with E-state index in [1.807, 2.05) is 0 Å². The van der Waals surface area contributed by atoms with Crippen LogP contribution in [0.25, 0.3) is 5.70 Å². The molecule has 28 heavy (non-hydrogen) atoms. The third kappa shape index (κ3) is 5.02. The number of hydrogen-bond acceptors (Lipinski definition) is 6. The number of alkyl halides is 3. The fourth-order valence-corrected chi connectivity index (χ4v) is 2.43. The number of carbonyl (C=O) groups excluding carboxylic acids is 3. The second-order valence-corrected chi connectivity index (χ2v) is 5.58. The van der Waals surface area contributed by atoms with Gasteiger partial charge >= 0.3 is 18.1 Å². The van der Waals surface area contributed by atoms with Crippen molar-refractivity contribution in [3.63, 3.8) is 0 Å². The van der Waals surface area contributed by atoms with Gasteiger partial charge in [0.05, 0.1) is 18.8 Å². The molecule has 1 aliphatic rings. The van der Waals surface area contributed by atoms with Gasteiger partial charge in [-0.05, 0) is 26.0 Å². The molecule has 0 aromatic heterocycles. The molecule has 0 atom stereocenters. The number of benzene rings is 1. The van der Waals surface area contributed by atoms with Crippen molar-refractivity contribution in [2.75, 3.05) is 26.4 Å². The zero-order chi connectivity index (χ0) is 20.9. The van der Waals surface area contributed by atoms with Crippen molar-refractivity contribution < 1.29 is 41.8 Å². The zero-order valence-electron chi connectivity index (χ0n) is 15.2. The van der Waals surface area contributed by atoms with Gasteiger partial charge in [-0.2, -0.15) is 13.2 Å². The second kappa shape index (κ2) is 8.77. The summed E-state index contributed by atoms with van der Waals surface area (Å²) in [4.78, 5) is 36.5. The quantitative estimate of drug-likeness (QED) is 0.623. The Kier molecular flexibility index (Phi) is 6.66. The van der Waals surface area contributed by atoms with Crippen LogP contribution in [0.4, 0.5) is 13.2 Å². The van der Waals surface area contributed by atoms with Crippen molar-refractivity contribution in [3.05, 3.63) is 41.2 Å². The molecule has 2 rings (SSSR count). The Hall–Kier alpha value is -3.04. The molecule has 1 aromatic rings. The third-order valence-electron chi connectivity index (χ3n) is 3.57. The van der Waals surface area contributed by atoms with Gasteiger partial charge in [0.25, 0.3) is 5.91 Å². The molecule has 1 amide bonds. The van der Waals surface area contributed by atoms with Gasteiger partial charge in [0.2, 0.25) is 5.76 Å². The molecule has 0 spiro atoms. The maximum atomic E-state index is 12.5. The Bertz CT molecular complexity index is 786. The predicted octanol–water partition coefficient (Wildman–Crippen LogP) is 2.52. The van der Waals surface area contributed by atoms with Crippen LogP contribution in [0, 0.1) is 0 Å². The first-order chi connectivity index (χ1) is 13.2. The molecule has 1 heterocycles. The van der Waals surface area contributed by atoms with Crippen molar-refractivity contribution in [1.29, 1.82) is 0 Å². The maximum Gasteiger partial charge on any atom is 0.422 e. The third-order valence-corrected chi connectivity index (χ3v) is 3.57. The zero-order valence-corrected chi connectivity index (χ0v) is 15.2. The minimum absolute atomic E-state index is 0.0118. The molecule has 0 saturated carbocycles. The first kappa shape index (κ1) is 21.3. The maximum absolute atomic E-state index is 12.5. The van der Waals surface area contributed by atoms with Crippen LogP contribution in [0.3, 0.4) is 0 Å². The molecular formula is C18H18F3NO6. The van der Waals surface area contributed by atoms with Crippen molar-refractivity contribution in [3.8, 4) is 0 Å². The van der Waals surface area contributed by atoms with E-state index < -0.39 is 42.9 Å². The van der Waals surface area contributed by atoms with Crippen molar-refractivity contribution in [1.82, 2.24) is 4.90 Å². The molecular weight excluding hydrogens is 383 g/mol. The van der Waals surface area contributed by atoms with Crippen LogP contribution < -0.4 is 0 Å². The Labute approximate surface area is 158 Å². The Morgan fingerprint density at radius 3 is 2.18 bits per heavy atom. The molecule has 10 heteroatoms. The normalized spacial score (nSPS) is 13.9. The van der Waals surface area contributed by atoms with Gasteiger partial charge < -0.3 is 14.2 Å². The largest absolute Gasteiger partial charge is 0.477 e. The first-order valence-electron chi connectivity index (χ1n) is 8.36. The van der Waals surface area contributed by atoms with Crippen molar-refractivity contribution >= 4 is 23.5 Å². The molecule has 0 radical (unpaired) electrons. The molecule has 1 aliphatic heterocycles. The first-order valence-corrected chi connectivity index (χ1v) is 8.36. The lowest BCUT2D eigenvalue weighted by Gasteiger charge is -2.35. The fraction of sp³-hybridized carbons (Fsp3) is 0.389. The predicted molar refractivity (Wildman–Crippen MR) is 89.7 cm³/mol. The fourth-order valence-electron chi connectivity index (χ4n) is 2.43. The molecule has 0 unspecified atom stereocenters. The Balaban J connectivity index is 2.30. The van der Waals surface area contributed by atoms with Gasteiger partial charge in [-0.25, -0.2) is 4.79 Å². The molecule has 0 fully saturated rings. The van der Waals surface area contributed by atoms with Gasteiger partial charge in [0.1, 0.15) is 12.2 Å². The topological polar surface area (TPSA) is 82.1 Å². The average molecular weight is 401 g/mol. The average Bonchev–Trinajstić information content (AvgIpc) is 2.63. The standard InChI is InChI=1S/C18H18F3NO6/c1-3-26-13(23)9-22-14(15(16(22)24)28-10-18(19,20)21)11-5-7-12(8-6-11)17(25)27-4-2/h5-8H,3-4,9-10H2,1-2H3. The summed E-state index contributed by atoms with van der Waals surface area (Å²) in [6, 6.07) is 5.63. The Morgan fingerprint density at radius 1 is 1.04 bits per heavy atom. The van der Waals surface area contributed by atoms with Crippen LogP contribution >= 0.6 is 0 Å². The van der Waals surface area contributed by atoms with Gasteiger partial charge in [0.15, 0.2) is 6.61 Å². The summed E-state index contributed by atoms with van der Waals surface area (Å²) < 4.78 is 51.6. The number of halogens is 3. The van der Waals surface area contributed by atoms with Crippen LogP contribution in [0.2, 0.25) is 0 Å². The van der Waals surface area contributed by atoms with E-state index >= 15 is 0 Å². The van der Waals surface area contributed by atoms with Crippen LogP contribution in [0.1, 0.15) is 29.8 Å². The van der Waals surface area contributed by atoms with E-state index in [0.29, 0.717) is 5.56 Å². The van der Waals surface area contributed by atoms with E-state index in [1.165, 1.54) is 24.3 Å². The lowest BCUT2D eigenvalue weighted by Crippen LogP contribution is -2.46. The van der Waals surface area contributed by atoms with Crippen LogP contribution in [0.15, 0.2) is 30.0 Å². The highest BCUT2D eigenvalue weighted by Gasteiger charge is 2.42. The minimum atomic E-state index is -4.63. The molecule has 0 saturated heterocycles. The monoisotopic (exact) mass is 401 g/mol. The molecule has 7 nitrogen and oxygen atoms in total. The smallest absolute Gasteiger partial charge is 0.422 e. The molecule has 0 aliphatic carbocycles. The number of carbonyl (C=O) groups is 3. The summed E-state index contributed by atoms with van der Waals surface area (Å²) in [6.45, 7) is 1.38. The number of esters is 2. The van der Waals surface area contributed by atoms with E-state index in [4.69, 9.17) is 9.47 Å². The summed E-state index contributed by atoms with van der Waals surface area (Å²) in [5.74, 6) is -2.65. The van der Waals surface area contributed by atoms with Gasteiger partial charge in [0, 0.05) is 5.56 Å².